The van der Waals surface area contributed by atoms with Crippen LogP contribution in [0.15, 0.2) is 24.3 Å². The molecule has 2 N–H and O–H groups in total. The molecule has 1 aromatic carbocycles. The zero-order chi connectivity index (χ0) is 16.1. The second-order valence-electron chi connectivity index (χ2n) is 6.81. The van der Waals surface area contributed by atoms with Gasteiger partial charge in [0.25, 0.3) is 0 Å². The van der Waals surface area contributed by atoms with Crippen LogP contribution >= 0.6 is 0 Å². The van der Waals surface area contributed by atoms with E-state index in [0.717, 1.165) is 18.8 Å². The van der Waals surface area contributed by atoms with Gasteiger partial charge in [0.05, 0.1) is 0 Å². The van der Waals surface area contributed by atoms with Gasteiger partial charge in [0.2, 0.25) is 0 Å². The first kappa shape index (κ1) is 17.3. The summed E-state index contributed by atoms with van der Waals surface area (Å²) in [6, 6.07) is 8.13. The number of hydrogen-bond donors (Lipinski definition) is 2. The lowest BCUT2D eigenvalue weighted by atomic mass is 10.0. The van der Waals surface area contributed by atoms with Gasteiger partial charge in [-0.05, 0) is 37.5 Å². The van der Waals surface area contributed by atoms with Gasteiger partial charge < -0.3 is 19.5 Å². The lowest BCUT2D eigenvalue weighted by molar-refractivity contribution is -0.918. The fourth-order valence-electron chi connectivity index (χ4n) is 3.09. The molecule has 4 heteroatoms. The molecule has 1 saturated heterocycles. The number of quaternary nitrogens is 1. The van der Waals surface area contributed by atoms with Gasteiger partial charge in [-0.2, -0.15) is 0 Å². The summed E-state index contributed by atoms with van der Waals surface area (Å²) in [5.41, 5.74) is 1.30. The van der Waals surface area contributed by atoms with E-state index in [2.05, 4.69) is 39.8 Å². The minimum atomic E-state index is -0.447. The topological polar surface area (TPSA) is 43.1 Å². The predicted molar refractivity (Wildman–Crippen MR) is 87.6 cm³/mol. The Kier molecular flexibility index (Phi) is 6.24. The molecule has 4 atom stereocenters. The number of aliphatic hydroxyl groups excluding tert-OH is 1. The smallest absolute Gasteiger partial charge is 0.137 e. The molecular weight excluding hydrogens is 278 g/mol. The van der Waals surface area contributed by atoms with Crippen molar-refractivity contribution in [2.45, 2.75) is 51.9 Å². The fourth-order valence-corrected chi connectivity index (χ4v) is 3.09. The van der Waals surface area contributed by atoms with Crippen molar-refractivity contribution in [1.29, 1.82) is 0 Å². The summed E-state index contributed by atoms with van der Waals surface area (Å²) < 4.78 is 11.4. The molecule has 1 aromatic rings. The quantitative estimate of drug-likeness (QED) is 0.831. The molecular formula is C18H30NO3+. The zero-order valence-corrected chi connectivity index (χ0v) is 14.2. The van der Waals surface area contributed by atoms with E-state index in [9.17, 15) is 5.11 Å². The molecule has 1 aliphatic rings. The first-order valence-electron chi connectivity index (χ1n) is 8.34. The van der Waals surface area contributed by atoms with Crippen molar-refractivity contribution in [3.8, 4) is 5.75 Å². The van der Waals surface area contributed by atoms with Gasteiger partial charge in [-0.15, -0.1) is 0 Å². The van der Waals surface area contributed by atoms with Gasteiger partial charge in [0.1, 0.15) is 50.3 Å². The van der Waals surface area contributed by atoms with Gasteiger partial charge in [0, 0.05) is 0 Å². The summed E-state index contributed by atoms with van der Waals surface area (Å²) in [6.07, 6.45) is 0.0724. The molecule has 4 nitrogen and oxygen atoms in total. The van der Waals surface area contributed by atoms with Crippen LogP contribution in [0.1, 0.15) is 39.2 Å². The van der Waals surface area contributed by atoms with Crippen molar-refractivity contribution in [2.75, 3.05) is 26.2 Å². The Morgan fingerprint density at radius 1 is 1.18 bits per heavy atom. The molecule has 0 amide bonds. The Hall–Kier alpha value is -1.10. The number of aliphatic hydroxyl groups is 1. The van der Waals surface area contributed by atoms with Gasteiger partial charge in [-0.3, -0.25) is 0 Å². The maximum atomic E-state index is 10.2. The summed E-state index contributed by atoms with van der Waals surface area (Å²) in [4.78, 5) is 1.39. The van der Waals surface area contributed by atoms with E-state index in [0.29, 0.717) is 19.1 Å². The van der Waals surface area contributed by atoms with E-state index >= 15 is 0 Å². The third-order valence-electron chi connectivity index (χ3n) is 4.13. The molecule has 1 aliphatic heterocycles. The fraction of sp³-hybridized carbons (Fsp3) is 0.667. The summed E-state index contributed by atoms with van der Waals surface area (Å²) in [7, 11) is 0. The van der Waals surface area contributed by atoms with E-state index in [-0.39, 0.29) is 12.2 Å². The van der Waals surface area contributed by atoms with Crippen molar-refractivity contribution >= 4 is 0 Å². The number of benzene rings is 1. The molecule has 2 rings (SSSR count). The van der Waals surface area contributed by atoms with E-state index < -0.39 is 6.10 Å². The number of rotatable bonds is 6. The Morgan fingerprint density at radius 3 is 2.32 bits per heavy atom. The normalized spacial score (nSPS) is 26.9. The van der Waals surface area contributed by atoms with Crippen LogP contribution < -0.4 is 9.64 Å². The third-order valence-corrected chi connectivity index (χ3v) is 4.13. The molecule has 0 spiro atoms. The minimum absolute atomic E-state index is 0.260. The van der Waals surface area contributed by atoms with Crippen molar-refractivity contribution < 1.29 is 19.5 Å². The van der Waals surface area contributed by atoms with E-state index in [4.69, 9.17) is 9.47 Å². The summed E-state index contributed by atoms with van der Waals surface area (Å²) >= 11 is 0. The van der Waals surface area contributed by atoms with Crippen LogP contribution in [-0.2, 0) is 4.74 Å². The van der Waals surface area contributed by atoms with Crippen molar-refractivity contribution in [2.24, 2.45) is 0 Å². The number of morpholine rings is 1. The molecule has 1 fully saturated rings. The van der Waals surface area contributed by atoms with E-state index in [1.165, 1.54) is 10.5 Å². The average molecular weight is 308 g/mol. The van der Waals surface area contributed by atoms with Crippen LogP contribution in [0.2, 0.25) is 0 Å². The summed E-state index contributed by atoms with van der Waals surface area (Å²) in [5.74, 6) is 1.34. The lowest BCUT2D eigenvalue weighted by Crippen LogP contribution is -3.16. The summed E-state index contributed by atoms with van der Waals surface area (Å²) in [6.45, 7) is 11.5. The predicted octanol–water partition coefficient (Wildman–Crippen LogP) is 1.24. The highest BCUT2D eigenvalue weighted by Crippen LogP contribution is 2.18. The number of nitrogens with one attached hydrogen (secondary N) is 1. The van der Waals surface area contributed by atoms with E-state index in [1.807, 2.05) is 12.1 Å². The lowest BCUT2D eigenvalue weighted by Gasteiger charge is -2.33. The maximum absolute atomic E-state index is 10.2. The first-order valence-corrected chi connectivity index (χ1v) is 8.34. The summed E-state index contributed by atoms with van der Waals surface area (Å²) in [5, 5.41) is 10.2. The van der Waals surface area contributed by atoms with Crippen LogP contribution in [0.5, 0.6) is 5.75 Å². The second-order valence-corrected chi connectivity index (χ2v) is 6.81. The van der Waals surface area contributed by atoms with Crippen LogP contribution in [0.3, 0.4) is 0 Å². The average Bonchev–Trinajstić information content (AvgIpc) is 2.44. The van der Waals surface area contributed by atoms with Crippen molar-refractivity contribution in [1.82, 2.24) is 0 Å². The van der Waals surface area contributed by atoms with Gasteiger partial charge in [-0.25, -0.2) is 0 Å². The Morgan fingerprint density at radius 2 is 1.77 bits per heavy atom. The molecule has 1 unspecified atom stereocenters. The third kappa shape index (κ3) is 5.27. The van der Waals surface area contributed by atoms with Crippen molar-refractivity contribution in [3.63, 3.8) is 0 Å². The molecule has 0 aliphatic carbocycles. The van der Waals surface area contributed by atoms with Crippen LogP contribution in [0, 0.1) is 0 Å². The van der Waals surface area contributed by atoms with Gasteiger partial charge in [-0.1, -0.05) is 26.0 Å². The zero-order valence-electron chi connectivity index (χ0n) is 14.2. The Bertz CT molecular complexity index is 436. The minimum Gasteiger partial charge on any atom is -0.491 e. The Labute approximate surface area is 134 Å². The number of ether oxygens (including phenoxy) is 2. The monoisotopic (exact) mass is 308 g/mol. The maximum Gasteiger partial charge on any atom is 0.137 e. The highest BCUT2D eigenvalue weighted by molar-refractivity contribution is 5.28. The van der Waals surface area contributed by atoms with Crippen LogP contribution in [-0.4, -0.2) is 49.7 Å². The largest absolute Gasteiger partial charge is 0.491 e. The van der Waals surface area contributed by atoms with Crippen molar-refractivity contribution in [3.05, 3.63) is 29.8 Å². The standard InChI is InChI=1S/C18H29NO3/c1-13(2)16-5-7-18(8-6-16)21-12-17(20)11-19-9-14(3)22-15(4)10-19/h5-8,13-15,17,20H,9-12H2,1-4H3/p+1/t14-,15+,17-/m1/s1. The molecule has 0 saturated carbocycles. The van der Waals surface area contributed by atoms with Crippen LogP contribution in [0.25, 0.3) is 0 Å². The van der Waals surface area contributed by atoms with Gasteiger partial charge >= 0.3 is 0 Å². The highest BCUT2D eigenvalue weighted by atomic mass is 16.5. The molecule has 0 radical (unpaired) electrons. The highest BCUT2D eigenvalue weighted by Gasteiger charge is 2.27. The van der Waals surface area contributed by atoms with Gasteiger partial charge in [0.15, 0.2) is 0 Å². The second kappa shape index (κ2) is 7.95. The molecule has 1 heterocycles. The molecule has 124 valence electrons. The SMILES string of the molecule is CC(C)c1ccc(OC[C@H](O)C[NH+]2C[C@@H](C)O[C@@H](C)C2)cc1. The Balaban J connectivity index is 1.76. The van der Waals surface area contributed by atoms with E-state index in [1.54, 1.807) is 0 Å². The molecule has 0 bridgehead atoms. The van der Waals surface area contributed by atoms with Crippen LogP contribution in [0.4, 0.5) is 0 Å². The molecule has 0 aromatic heterocycles. The first-order chi connectivity index (χ1) is 10.4. The molecule has 22 heavy (non-hydrogen) atoms. The number of hydrogen-bond acceptors (Lipinski definition) is 3.